The smallest absolute Gasteiger partial charge is 0.259 e. The average molecular weight is 371 g/mol. The molecule has 26 heavy (non-hydrogen) atoms. The zero-order valence-corrected chi connectivity index (χ0v) is 14.9. The van der Waals surface area contributed by atoms with Gasteiger partial charge in [-0.2, -0.15) is 0 Å². The summed E-state index contributed by atoms with van der Waals surface area (Å²) in [7, 11) is 0. The number of carbonyl (C=O) groups is 1. The maximum Gasteiger partial charge on any atom is 0.259 e. The molecule has 0 spiro atoms. The van der Waals surface area contributed by atoms with Gasteiger partial charge in [-0.3, -0.25) is 4.79 Å². The van der Waals surface area contributed by atoms with E-state index in [0.717, 1.165) is 17.4 Å². The van der Waals surface area contributed by atoms with Gasteiger partial charge in [-0.1, -0.05) is 0 Å². The summed E-state index contributed by atoms with van der Waals surface area (Å²) in [6.07, 6.45) is 3.94. The maximum absolute atomic E-state index is 11.6. The highest BCUT2D eigenvalue weighted by Gasteiger charge is 2.21. The number of thiophene rings is 1. The van der Waals surface area contributed by atoms with Crippen LogP contribution < -0.4 is 15.8 Å². The molecule has 1 amide bonds. The molecule has 1 aliphatic heterocycles. The van der Waals surface area contributed by atoms with Crippen LogP contribution in [-0.2, 0) is 4.74 Å². The Morgan fingerprint density at radius 3 is 3.08 bits per heavy atom. The van der Waals surface area contributed by atoms with Crippen LogP contribution in [-0.4, -0.2) is 40.2 Å². The van der Waals surface area contributed by atoms with Gasteiger partial charge in [0, 0.05) is 12.6 Å². The number of amides is 1. The fourth-order valence-electron chi connectivity index (χ4n) is 2.87. The zero-order chi connectivity index (χ0) is 18.1. The van der Waals surface area contributed by atoms with Crippen LogP contribution in [0.4, 0.5) is 11.5 Å². The van der Waals surface area contributed by atoms with Crippen molar-refractivity contribution in [1.29, 1.82) is 0 Å². The minimum Gasteiger partial charge on any atom is -0.470 e. The molecule has 1 fully saturated rings. The number of anilines is 2. The second-order valence-corrected chi connectivity index (χ2v) is 6.91. The Hall–Kier alpha value is -2.78. The average Bonchev–Trinajstić information content (AvgIpc) is 3.25. The van der Waals surface area contributed by atoms with Gasteiger partial charge in [-0.15, -0.1) is 11.3 Å². The van der Waals surface area contributed by atoms with Crippen LogP contribution in [0.3, 0.4) is 0 Å². The van der Waals surface area contributed by atoms with Crippen LogP contribution in [0.1, 0.15) is 21.7 Å². The van der Waals surface area contributed by atoms with E-state index < -0.39 is 5.91 Å². The molecule has 0 unspecified atom stereocenters. The Morgan fingerprint density at radius 1 is 1.42 bits per heavy atom. The number of fused-ring (bicyclic) bond motifs is 1. The summed E-state index contributed by atoms with van der Waals surface area (Å²) in [4.78, 5) is 25.7. The topological polar surface area (TPSA) is 112 Å². The summed E-state index contributed by atoms with van der Waals surface area (Å²) in [6.45, 7) is 3.08. The van der Waals surface area contributed by atoms with Crippen molar-refractivity contribution < 1.29 is 14.3 Å². The van der Waals surface area contributed by atoms with Gasteiger partial charge in [0.05, 0.1) is 23.5 Å². The highest BCUT2D eigenvalue weighted by atomic mass is 32.1. The number of carbonyl (C=O) groups excluding carboxylic acids is 1. The van der Waals surface area contributed by atoms with E-state index in [0.29, 0.717) is 40.3 Å². The number of ether oxygens (including phenoxy) is 2. The Kier molecular flexibility index (Phi) is 4.39. The standard InChI is InChI=1S/C17H17N5O3S/c1-9-12-15(20-8-21-17(12)26-13(9)14(18)23)22-11-3-2-5-19-16(11)25-10-4-6-24-7-10/h2-3,5,8,10H,4,6-7H2,1H3,(H2,18,23)(H,20,21,22)/t10-/m1/s1. The van der Waals surface area contributed by atoms with Gasteiger partial charge in [0.15, 0.2) is 0 Å². The lowest BCUT2D eigenvalue weighted by Crippen LogP contribution is -2.17. The van der Waals surface area contributed by atoms with E-state index in [-0.39, 0.29) is 6.10 Å². The second-order valence-electron chi connectivity index (χ2n) is 5.91. The van der Waals surface area contributed by atoms with Crippen molar-refractivity contribution in [2.45, 2.75) is 19.4 Å². The summed E-state index contributed by atoms with van der Waals surface area (Å²) in [5.74, 6) is 0.595. The van der Waals surface area contributed by atoms with Crippen molar-refractivity contribution in [3.8, 4) is 5.88 Å². The van der Waals surface area contributed by atoms with E-state index in [4.69, 9.17) is 15.2 Å². The first-order valence-corrected chi connectivity index (χ1v) is 8.95. The predicted molar refractivity (Wildman–Crippen MR) is 98.0 cm³/mol. The molecule has 0 aliphatic carbocycles. The van der Waals surface area contributed by atoms with E-state index in [1.807, 2.05) is 19.1 Å². The lowest BCUT2D eigenvalue weighted by molar-refractivity contribution is 0.100. The first kappa shape index (κ1) is 16.7. The van der Waals surface area contributed by atoms with Crippen LogP contribution in [0.2, 0.25) is 0 Å². The molecule has 3 aromatic rings. The number of hydrogen-bond acceptors (Lipinski definition) is 8. The molecule has 4 heterocycles. The van der Waals surface area contributed by atoms with Crippen molar-refractivity contribution in [3.05, 3.63) is 35.1 Å². The Morgan fingerprint density at radius 2 is 2.31 bits per heavy atom. The molecule has 134 valence electrons. The summed E-state index contributed by atoms with van der Waals surface area (Å²) in [5.41, 5.74) is 6.90. The lowest BCUT2D eigenvalue weighted by atomic mass is 10.2. The molecule has 1 saturated heterocycles. The van der Waals surface area contributed by atoms with Crippen molar-refractivity contribution in [1.82, 2.24) is 15.0 Å². The number of nitrogens with two attached hydrogens (primary N) is 1. The number of nitrogens with one attached hydrogen (secondary N) is 1. The first-order valence-electron chi connectivity index (χ1n) is 8.14. The normalized spacial score (nSPS) is 16.7. The number of aromatic nitrogens is 3. The third kappa shape index (κ3) is 3.06. The molecular weight excluding hydrogens is 354 g/mol. The monoisotopic (exact) mass is 371 g/mol. The van der Waals surface area contributed by atoms with Crippen LogP contribution in [0.15, 0.2) is 24.7 Å². The van der Waals surface area contributed by atoms with Crippen LogP contribution in [0.5, 0.6) is 5.88 Å². The van der Waals surface area contributed by atoms with Crippen molar-refractivity contribution >= 4 is 39.0 Å². The molecule has 0 radical (unpaired) electrons. The quantitative estimate of drug-likeness (QED) is 0.708. The summed E-state index contributed by atoms with van der Waals surface area (Å²) < 4.78 is 11.3. The Labute approximate surface area is 153 Å². The van der Waals surface area contributed by atoms with Crippen LogP contribution >= 0.6 is 11.3 Å². The summed E-state index contributed by atoms with van der Waals surface area (Å²) in [5, 5.41) is 4.03. The number of nitrogens with zero attached hydrogens (tertiary/aromatic N) is 3. The summed E-state index contributed by atoms with van der Waals surface area (Å²) in [6, 6.07) is 3.68. The van der Waals surface area contributed by atoms with Gasteiger partial charge in [0.1, 0.15) is 28.8 Å². The molecule has 0 bridgehead atoms. The van der Waals surface area contributed by atoms with Crippen LogP contribution in [0, 0.1) is 6.92 Å². The Balaban J connectivity index is 1.70. The largest absolute Gasteiger partial charge is 0.470 e. The highest BCUT2D eigenvalue weighted by Crippen LogP contribution is 2.35. The molecular formula is C17H17N5O3S. The highest BCUT2D eigenvalue weighted by molar-refractivity contribution is 7.20. The fourth-order valence-corrected chi connectivity index (χ4v) is 3.87. The van der Waals surface area contributed by atoms with Gasteiger partial charge >= 0.3 is 0 Å². The fraction of sp³-hybridized carbons (Fsp3) is 0.294. The van der Waals surface area contributed by atoms with E-state index in [9.17, 15) is 4.79 Å². The van der Waals surface area contributed by atoms with Gasteiger partial charge in [-0.25, -0.2) is 15.0 Å². The molecule has 0 saturated carbocycles. The minimum atomic E-state index is -0.469. The molecule has 0 aromatic carbocycles. The van der Waals surface area contributed by atoms with Gasteiger partial charge in [0.2, 0.25) is 5.88 Å². The van der Waals surface area contributed by atoms with E-state index >= 15 is 0 Å². The van der Waals surface area contributed by atoms with Crippen molar-refractivity contribution in [2.24, 2.45) is 5.73 Å². The maximum atomic E-state index is 11.6. The third-order valence-corrected chi connectivity index (χ3v) is 5.36. The number of hydrogen-bond donors (Lipinski definition) is 2. The van der Waals surface area contributed by atoms with E-state index in [1.54, 1.807) is 6.20 Å². The zero-order valence-electron chi connectivity index (χ0n) is 14.1. The minimum absolute atomic E-state index is 0.0137. The van der Waals surface area contributed by atoms with Gasteiger partial charge < -0.3 is 20.5 Å². The van der Waals surface area contributed by atoms with Crippen molar-refractivity contribution in [2.75, 3.05) is 18.5 Å². The molecule has 1 atom stereocenters. The Bertz CT molecular complexity index is 968. The van der Waals surface area contributed by atoms with Crippen LogP contribution in [0.25, 0.3) is 10.2 Å². The lowest BCUT2D eigenvalue weighted by Gasteiger charge is -2.15. The molecule has 9 heteroatoms. The summed E-state index contributed by atoms with van der Waals surface area (Å²) >= 11 is 1.26. The van der Waals surface area contributed by atoms with Gasteiger partial charge in [-0.05, 0) is 24.6 Å². The van der Waals surface area contributed by atoms with E-state index in [2.05, 4.69) is 20.3 Å². The second kappa shape index (κ2) is 6.85. The molecule has 4 rings (SSSR count). The first-order chi connectivity index (χ1) is 12.6. The number of primary amides is 1. The number of pyridine rings is 1. The number of rotatable bonds is 5. The molecule has 3 N–H and O–H groups in total. The SMILES string of the molecule is Cc1c(C(N)=O)sc2ncnc(Nc3cccnc3O[C@@H]3CCOC3)c12. The third-order valence-electron chi connectivity index (χ3n) is 4.14. The predicted octanol–water partition coefficient (Wildman–Crippen LogP) is 2.40. The molecule has 1 aliphatic rings. The van der Waals surface area contributed by atoms with Crippen molar-refractivity contribution in [3.63, 3.8) is 0 Å². The molecule has 8 nitrogen and oxygen atoms in total. The number of aryl methyl sites for hydroxylation is 1. The van der Waals surface area contributed by atoms with Gasteiger partial charge in [0.25, 0.3) is 5.91 Å². The van der Waals surface area contributed by atoms with E-state index in [1.165, 1.54) is 17.7 Å². The molecule has 3 aromatic heterocycles.